The lowest BCUT2D eigenvalue weighted by molar-refractivity contribution is -0.150. The van der Waals surface area contributed by atoms with Gasteiger partial charge in [0.2, 0.25) is 0 Å². The van der Waals surface area contributed by atoms with Gasteiger partial charge in [-0.05, 0) is 52.4 Å². The molecule has 0 saturated heterocycles. The second kappa shape index (κ2) is 6.45. The summed E-state index contributed by atoms with van der Waals surface area (Å²) < 4.78 is 16.2. The van der Waals surface area contributed by atoms with Crippen LogP contribution in [-0.4, -0.2) is 31.9 Å². The van der Waals surface area contributed by atoms with Crippen molar-refractivity contribution in [1.29, 1.82) is 0 Å². The average Bonchev–Trinajstić information content (AvgIpc) is 3.27. The molecule has 1 unspecified atom stereocenters. The highest BCUT2D eigenvalue weighted by atomic mass is 79.9. The van der Waals surface area contributed by atoms with Gasteiger partial charge in [0.25, 0.3) is 0 Å². The van der Waals surface area contributed by atoms with Crippen molar-refractivity contribution in [3.63, 3.8) is 0 Å². The first-order valence-corrected chi connectivity index (χ1v) is 7.12. The van der Waals surface area contributed by atoms with Gasteiger partial charge in [-0.25, -0.2) is 4.79 Å². The van der Waals surface area contributed by atoms with Crippen molar-refractivity contribution < 1.29 is 24.1 Å². The van der Waals surface area contributed by atoms with Crippen molar-refractivity contribution in [2.24, 2.45) is 5.92 Å². The molecule has 5 nitrogen and oxygen atoms in total. The van der Waals surface area contributed by atoms with E-state index in [9.17, 15) is 9.90 Å². The topological polar surface area (TPSA) is 65.0 Å². The summed E-state index contributed by atoms with van der Waals surface area (Å²) in [4.78, 5) is 11.4. The summed E-state index contributed by atoms with van der Waals surface area (Å²) in [5.41, 5.74) is 0.398. The van der Waals surface area contributed by atoms with Gasteiger partial charge in [0.05, 0.1) is 25.3 Å². The number of aliphatic hydroxyl groups excluding tert-OH is 1. The molecule has 0 radical (unpaired) electrons. The van der Waals surface area contributed by atoms with Crippen molar-refractivity contribution in [2.75, 3.05) is 20.8 Å². The molecule has 1 aromatic carbocycles. The van der Waals surface area contributed by atoms with Crippen LogP contribution in [0.3, 0.4) is 0 Å². The minimum atomic E-state index is -1.34. The van der Waals surface area contributed by atoms with E-state index in [1.54, 1.807) is 19.2 Å². The predicted octanol–water partition coefficient (Wildman–Crippen LogP) is 2.45. The Bertz CT molecular complexity index is 499. The van der Waals surface area contributed by atoms with Crippen molar-refractivity contribution in [3.8, 4) is 11.5 Å². The van der Waals surface area contributed by atoms with Gasteiger partial charge in [-0.3, -0.25) is 0 Å². The molecule has 0 amide bonds. The summed E-state index contributed by atoms with van der Waals surface area (Å²) in [5, 5.41) is 9.90. The Balaban J connectivity index is 2.26. The van der Waals surface area contributed by atoms with Gasteiger partial charge >= 0.3 is 5.97 Å². The standard InChI is InChI=1S/C14H17BrO5/c1-18-13-10(15)5-9(12(16)14(17)19-2)6-11(13)20-7-8-3-4-8/h5-6,8,12,16H,3-4,7H2,1-2H3. The van der Waals surface area contributed by atoms with Crippen LogP contribution in [0.25, 0.3) is 0 Å². The summed E-state index contributed by atoms with van der Waals surface area (Å²) in [6.07, 6.45) is 1.01. The van der Waals surface area contributed by atoms with E-state index in [1.165, 1.54) is 20.0 Å². The fourth-order valence-electron chi connectivity index (χ4n) is 1.79. The average molecular weight is 345 g/mol. The number of esters is 1. The highest BCUT2D eigenvalue weighted by Gasteiger charge is 2.25. The number of ether oxygens (including phenoxy) is 3. The molecule has 20 heavy (non-hydrogen) atoms. The minimum Gasteiger partial charge on any atom is -0.492 e. The van der Waals surface area contributed by atoms with Gasteiger partial charge in [-0.2, -0.15) is 0 Å². The van der Waals surface area contributed by atoms with E-state index in [0.717, 1.165) is 0 Å². The molecular weight excluding hydrogens is 328 g/mol. The van der Waals surface area contributed by atoms with Gasteiger partial charge < -0.3 is 19.3 Å². The van der Waals surface area contributed by atoms with Crippen molar-refractivity contribution in [2.45, 2.75) is 18.9 Å². The number of methoxy groups -OCH3 is 2. The fraction of sp³-hybridized carbons (Fsp3) is 0.500. The third kappa shape index (κ3) is 3.43. The molecule has 1 aliphatic rings. The maximum Gasteiger partial charge on any atom is 0.339 e. The molecule has 2 rings (SSSR count). The quantitative estimate of drug-likeness (QED) is 0.803. The van der Waals surface area contributed by atoms with Crippen LogP contribution in [0.2, 0.25) is 0 Å². The Hall–Kier alpha value is -1.27. The van der Waals surface area contributed by atoms with Gasteiger partial charge in [0.1, 0.15) is 0 Å². The highest BCUT2D eigenvalue weighted by Crippen LogP contribution is 2.39. The van der Waals surface area contributed by atoms with Crippen LogP contribution in [0.1, 0.15) is 24.5 Å². The van der Waals surface area contributed by atoms with Crippen molar-refractivity contribution in [3.05, 3.63) is 22.2 Å². The first-order valence-electron chi connectivity index (χ1n) is 6.33. The molecule has 0 spiro atoms. The number of rotatable bonds is 6. The second-order valence-corrected chi connectivity index (χ2v) is 5.57. The summed E-state index contributed by atoms with van der Waals surface area (Å²) in [5.74, 6) is 0.932. The number of carbonyl (C=O) groups is 1. The number of aliphatic hydroxyl groups is 1. The molecule has 1 fully saturated rings. The molecule has 1 atom stereocenters. The smallest absolute Gasteiger partial charge is 0.339 e. The lowest BCUT2D eigenvalue weighted by Gasteiger charge is -2.16. The Kier molecular flexibility index (Phi) is 4.88. The zero-order chi connectivity index (χ0) is 14.7. The van der Waals surface area contributed by atoms with Crippen LogP contribution < -0.4 is 9.47 Å². The molecule has 110 valence electrons. The van der Waals surface area contributed by atoms with E-state index < -0.39 is 12.1 Å². The summed E-state index contributed by atoms with van der Waals surface area (Å²) in [6, 6.07) is 3.22. The van der Waals surface area contributed by atoms with Crippen LogP contribution >= 0.6 is 15.9 Å². The predicted molar refractivity (Wildman–Crippen MR) is 75.9 cm³/mol. The molecule has 1 aliphatic carbocycles. The molecule has 1 aromatic rings. The number of hydrogen-bond acceptors (Lipinski definition) is 5. The van der Waals surface area contributed by atoms with Crippen LogP contribution in [0.4, 0.5) is 0 Å². The van der Waals surface area contributed by atoms with Gasteiger partial charge in [-0.1, -0.05) is 0 Å². The zero-order valence-corrected chi connectivity index (χ0v) is 13.0. The van der Waals surface area contributed by atoms with Crippen LogP contribution in [-0.2, 0) is 9.53 Å². The highest BCUT2D eigenvalue weighted by molar-refractivity contribution is 9.10. The number of hydrogen-bond donors (Lipinski definition) is 1. The Morgan fingerprint density at radius 3 is 2.70 bits per heavy atom. The van der Waals surface area contributed by atoms with E-state index in [-0.39, 0.29) is 0 Å². The molecule has 1 saturated carbocycles. The summed E-state index contributed by atoms with van der Waals surface area (Å²) in [6.45, 7) is 0.612. The molecule has 6 heteroatoms. The lowest BCUT2D eigenvalue weighted by atomic mass is 10.1. The molecule has 1 N–H and O–H groups in total. The first-order chi connectivity index (χ1) is 9.56. The van der Waals surface area contributed by atoms with Crippen LogP contribution in [0.15, 0.2) is 16.6 Å². The van der Waals surface area contributed by atoms with Crippen molar-refractivity contribution in [1.82, 2.24) is 0 Å². The van der Waals surface area contributed by atoms with E-state index in [0.29, 0.717) is 34.1 Å². The van der Waals surface area contributed by atoms with Gasteiger partial charge in [0, 0.05) is 0 Å². The zero-order valence-electron chi connectivity index (χ0n) is 11.4. The fourth-order valence-corrected chi connectivity index (χ4v) is 2.41. The largest absolute Gasteiger partial charge is 0.492 e. The number of carbonyl (C=O) groups excluding carboxylic acids is 1. The maximum absolute atomic E-state index is 11.4. The van der Waals surface area contributed by atoms with Crippen LogP contribution in [0.5, 0.6) is 11.5 Å². The molecule has 0 aromatic heterocycles. The Labute approximate surface area is 126 Å². The molecular formula is C14H17BrO5. The Morgan fingerprint density at radius 1 is 1.45 bits per heavy atom. The van der Waals surface area contributed by atoms with Crippen molar-refractivity contribution >= 4 is 21.9 Å². The van der Waals surface area contributed by atoms with Crippen LogP contribution in [0, 0.1) is 5.92 Å². The third-order valence-corrected chi connectivity index (χ3v) is 3.74. The first kappa shape index (κ1) is 15.1. The van der Waals surface area contributed by atoms with E-state index >= 15 is 0 Å². The minimum absolute atomic E-state index is 0.398. The van der Waals surface area contributed by atoms with Gasteiger partial charge in [0.15, 0.2) is 17.6 Å². The maximum atomic E-state index is 11.4. The number of halogens is 1. The van der Waals surface area contributed by atoms with E-state index in [4.69, 9.17) is 9.47 Å². The summed E-state index contributed by atoms with van der Waals surface area (Å²) >= 11 is 3.35. The van der Waals surface area contributed by atoms with E-state index in [2.05, 4.69) is 20.7 Å². The number of benzene rings is 1. The second-order valence-electron chi connectivity index (χ2n) is 4.71. The van der Waals surface area contributed by atoms with Gasteiger partial charge in [-0.15, -0.1) is 0 Å². The third-order valence-electron chi connectivity index (χ3n) is 3.15. The normalized spacial score (nSPS) is 15.6. The molecule has 0 heterocycles. The Morgan fingerprint density at radius 2 is 2.15 bits per heavy atom. The summed E-state index contributed by atoms with van der Waals surface area (Å²) in [7, 11) is 2.77. The molecule has 0 aliphatic heterocycles. The monoisotopic (exact) mass is 344 g/mol. The SMILES string of the molecule is COC(=O)C(O)c1cc(Br)c(OC)c(OCC2CC2)c1. The lowest BCUT2D eigenvalue weighted by Crippen LogP contribution is -2.14. The molecule has 0 bridgehead atoms. The van der Waals surface area contributed by atoms with E-state index in [1.807, 2.05) is 0 Å².